The third-order valence-corrected chi connectivity index (χ3v) is 0.667. The van der Waals surface area contributed by atoms with E-state index in [1.165, 1.54) is 0 Å². The fourth-order valence-corrected chi connectivity index (χ4v) is 0.385. The summed E-state index contributed by atoms with van der Waals surface area (Å²) >= 11 is 4.24. The molecule has 0 saturated carbocycles. The Balaban J connectivity index is -0.0000000542. The molecule has 0 unspecified atom stereocenters. The molecular weight excluding hydrogens is 398 g/mol. The van der Waals surface area contributed by atoms with Crippen molar-refractivity contribution in [3.63, 3.8) is 0 Å². The first-order valence-corrected chi connectivity index (χ1v) is 11.4. The molecule has 0 nitrogen and oxygen atoms in total. The topological polar surface area (TPSA) is 0 Å². The minimum atomic E-state index is 2.00. The molecular formula is C12H24I2. The predicted molar refractivity (Wildman–Crippen MR) is 88.5 cm³/mol. The molecule has 0 N–H and O–H groups in total. The number of hydrogen-bond donors (Lipinski definition) is 0. The summed E-state index contributed by atoms with van der Waals surface area (Å²) in [6.07, 6.45) is 0. The second-order valence-corrected chi connectivity index (χ2v) is 1.15. The molecule has 1 aromatic rings. The van der Waals surface area contributed by atoms with E-state index in [2.05, 4.69) is 37.2 Å². The van der Waals surface area contributed by atoms with Crippen LogP contribution in [0.1, 0.15) is 41.5 Å². The Hall–Kier alpha value is 0.680. The van der Waals surface area contributed by atoms with Crippen LogP contribution in [0.15, 0.2) is 36.4 Å². The lowest BCUT2D eigenvalue weighted by atomic mass is 10.4. The van der Waals surface area contributed by atoms with Crippen LogP contribution in [-0.2, 0) is 0 Å². The van der Waals surface area contributed by atoms with Gasteiger partial charge in [-0.1, -0.05) is 77.9 Å². The van der Waals surface area contributed by atoms with Crippen LogP contribution in [0.4, 0.5) is 0 Å². The highest BCUT2D eigenvalue weighted by Crippen LogP contribution is 1.89. The van der Waals surface area contributed by atoms with E-state index in [4.69, 9.17) is 0 Å². The Morgan fingerprint density at radius 3 is 0.571 bits per heavy atom. The van der Waals surface area contributed by atoms with Crippen LogP contribution in [0.2, 0.25) is 0 Å². The van der Waals surface area contributed by atoms with Crippen molar-refractivity contribution in [2.24, 2.45) is 0 Å². The summed E-state index contributed by atoms with van der Waals surface area (Å²) in [6.45, 7) is 12.0. The third kappa shape index (κ3) is 38.8. The monoisotopic (exact) mass is 422 g/mol. The van der Waals surface area contributed by atoms with Gasteiger partial charge in [0.05, 0.1) is 0 Å². The van der Waals surface area contributed by atoms with Gasteiger partial charge in [0, 0.05) is 37.2 Å². The first kappa shape index (κ1) is 24.1. The first-order valence-electron chi connectivity index (χ1n) is 5.14. The summed E-state index contributed by atoms with van der Waals surface area (Å²) < 4.78 is 0. The Kier molecular flexibility index (Phi) is 84.8. The molecule has 0 aliphatic rings. The van der Waals surface area contributed by atoms with Gasteiger partial charge in [0.25, 0.3) is 0 Å². The lowest BCUT2D eigenvalue weighted by Crippen LogP contribution is -1.47. The zero-order valence-electron chi connectivity index (χ0n) is 10.2. The fraction of sp³-hybridized carbons (Fsp3) is 0.500. The van der Waals surface area contributed by atoms with Crippen LogP contribution in [0.5, 0.6) is 0 Å². The Morgan fingerprint density at radius 2 is 0.500 bits per heavy atom. The van der Waals surface area contributed by atoms with Gasteiger partial charge in [-0.05, 0) is 0 Å². The smallest absolute Gasteiger partial charge is 0 e. The molecule has 0 aliphatic carbocycles. The Bertz CT molecular complexity index is 80.2. The summed E-state index contributed by atoms with van der Waals surface area (Å²) in [7, 11) is 0. The van der Waals surface area contributed by atoms with Crippen molar-refractivity contribution in [2.75, 3.05) is 0 Å². The van der Waals surface area contributed by atoms with Crippen LogP contribution >= 0.6 is 37.2 Å². The van der Waals surface area contributed by atoms with Gasteiger partial charge in [-0.25, -0.2) is 0 Å². The second-order valence-electron chi connectivity index (χ2n) is 1.15. The molecule has 0 aromatic heterocycles. The van der Waals surface area contributed by atoms with Gasteiger partial charge < -0.3 is 0 Å². The molecule has 0 atom stereocenters. The zero-order chi connectivity index (χ0) is 12.2. The maximum Gasteiger partial charge on any atom is 0 e. The predicted octanol–water partition coefficient (Wildman–Crippen LogP) is 6.54. The quantitative estimate of drug-likeness (QED) is 0.417. The van der Waals surface area contributed by atoms with Crippen molar-refractivity contribution in [3.8, 4) is 0 Å². The van der Waals surface area contributed by atoms with E-state index in [1.54, 1.807) is 0 Å². The average molecular weight is 422 g/mol. The summed E-state index contributed by atoms with van der Waals surface area (Å²) in [5, 5.41) is 0. The first-order chi connectivity index (χ1) is 7.00. The van der Waals surface area contributed by atoms with Gasteiger partial charge in [-0.2, -0.15) is 0 Å². The summed E-state index contributed by atoms with van der Waals surface area (Å²) in [5.41, 5.74) is 0. The Morgan fingerprint density at radius 1 is 0.429 bits per heavy atom. The maximum atomic E-state index is 2.12. The molecule has 1 rings (SSSR count). The SMILES string of the molecule is CC.CC.CC.II.c1ccccc1. The molecule has 0 amide bonds. The van der Waals surface area contributed by atoms with E-state index < -0.39 is 0 Å². The van der Waals surface area contributed by atoms with Crippen LogP contribution < -0.4 is 0 Å². The average Bonchev–Trinajstić information content (AvgIpc) is 2.41. The summed E-state index contributed by atoms with van der Waals surface area (Å²) in [5.74, 6) is 0. The van der Waals surface area contributed by atoms with Crippen molar-refractivity contribution < 1.29 is 0 Å². The lowest BCUT2D eigenvalue weighted by Gasteiger charge is -1.69. The molecule has 0 aliphatic heterocycles. The fourth-order valence-electron chi connectivity index (χ4n) is 0.385. The van der Waals surface area contributed by atoms with E-state index in [0.717, 1.165) is 0 Å². The highest BCUT2D eigenvalue weighted by Gasteiger charge is 1.57. The molecule has 1 aromatic carbocycles. The van der Waals surface area contributed by atoms with E-state index in [1.807, 2.05) is 77.9 Å². The molecule has 0 bridgehead atoms. The third-order valence-electron chi connectivity index (χ3n) is 0.667. The van der Waals surface area contributed by atoms with Crippen LogP contribution in [0.25, 0.3) is 0 Å². The number of rotatable bonds is 0. The van der Waals surface area contributed by atoms with E-state index >= 15 is 0 Å². The molecule has 2 heteroatoms. The molecule has 86 valence electrons. The number of benzene rings is 1. The van der Waals surface area contributed by atoms with Crippen molar-refractivity contribution in [2.45, 2.75) is 41.5 Å². The van der Waals surface area contributed by atoms with Gasteiger partial charge in [0.2, 0.25) is 0 Å². The van der Waals surface area contributed by atoms with Crippen molar-refractivity contribution in [1.29, 1.82) is 0 Å². The molecule has 0 heterocycles. The summed E-state index contributed by atoms with van der Waals surface area (Å²) in [6, 6.07) is 12.0. The van der Waals surface area contributed by atoms with Gasteiger partial charge in [0.1, 0.15) is 0 Å². The van der Waals surface area contributed by atoms with E-state index in [9.17, 15) is 0 Å². The number of halogens is 2. The minimum Gasteiger partial charge on any atom is -0.0683 e. The van der Waals surface area contributed by atoms with Crippen LogP contribution in [0.3, 0.4) is 0 Å². The molecule has 0 saturated heterocycles. The van der Waals surface area contributed by atoms with Gasteiger partial charge in [0.15, 0.2) is 0 Å². The normalized spacial score (nSPS) is 5.14. The van der Waals surface area contributed by atoms with Crippen LogP contribution in [-0.4, -0.2) is 0 Å². The van der Waals surface area contributed by atoms with E-state index in [-0.39, 0.29) is 0 Å². The number of hydrogen-bond acceptors (Lipinski definition) is 0. The largest absolute Gasteiger partial charge is 0.0683 e. The molecule has 0 fully saturated rings. The molecule has 0 spiro atoms. The highest BCUT2D eigenvalue weighted by molar-refractivity contribution is 15.0. The molecule has 0 radical (unpaired) electrons. The van der Waals surface area contributed by atoms with Crippen LogP contribution in [0, 0.1) is 0 Å². The van der Waals surface area contributed by atoms with Crippen molar-refractivity contribution >= 4 is 37.2 Å². The minimum absolute atomic E-state index is 2.00. The van der Waals surface area contributed by atoms with Gasteiger partial charge in [-0.3, -0.25) is 0 Å². The highest BCUT2D eigenvalue weighted by atomic mass is 128. The zero-order valence-corrected chi connectivity index (χ0v) is 14.5. The standard InChI is InChI=1S/C6H6.3C2H6.I2/c1-2-4-6-5-3-1;4*1-2/h1-6H;3*1-2H3;. The lowest BCUT2D eigenvalue weighted by molar-refractivity contribution is 1.50. The van der Waals surface area contributed by atoms with Gasteiger partial charge in [-0.15, -0.1) is 0 Å². The van der Waals surface area contributed by atoms with Crippen molar-refractivity contribution in [1.82, 2.24) is 0 Å². The Labute approximate surface area is 114 Å². The molecule has 14 heavy (non-hydrogen) atoms. The summed E-state index contributed by atoms with van der Waals surface area (Å²) in [4.78, 5) is 0. The maximum absolute atomic E-state index is 2.12. The second kappa shape index (κ2) is 49.3. The van der Waals surface area contributed by atoms with E-state index in [0.29, 0.717) is 0 Å². The van der Waals surface area contributed by atoms with Gasteiger partial charge >= 0.3 is 0 Å². The van der Waals surface area contributed by atoms with Crippen molar-refractivity contribution in [3.05, 3.63) is 36.4 Å².